The van der Waals surface area contributed by atoms with Gasteiger partial charge in [0.1, 0.15) is 5.03 Å². The molecular formula is C12H14N2O3S2. The van der Waals surface area contributed by atoms with Crippen molar-refractivity contribution in [1.29, 1.82) is 0 Å². The van der Waals surface area contributed by atoms with Gasteiger partial charge in [-0.15, -0.1) is 0 Å². The summed E-state index contributed by atoms with van der Waals surface area (Å²) in [7, 11) is -3.27. The number of carbonyl (C=O) groups is 1. The summed E-state index contributed by atoms with van der Waals surface area (Å²) in [6.07, 6.45) is 1.12. The van der Waals surface area contributed by atoms with Gasteiger partial charge in [-0.1, -0.05) is 30.0 Å². The second-order valence-corrected chi connectivity index (χ2v) is 7.17. The molecule has 0 aromatic heterocycles. The third-order valence-electron chi connectivity index (χ3n) is 2.64. The normalized spacial score (nSPS) is 18.6. The molecule has 1 amide bonds. The van der Waals surface area contributed by atoms with Crippen LogP contribution in [0, 0.1) is 6.92 Å². The molecule has 1 unspecified atom stereocenters. The number of sulfone groups is 1. The maximum absolute atomic E-state index is 12.0. The lowest BCUT2D eigenvalue weighted by Gasteiger charge is -2.15. The number of thioether (sulfide) groups is 1. The second kappa shape index (κ2) is 5.26. The summed E-state index contributed by atoms with van der Waals surface area (Å²) in [5.41, 5.74) is 0.994. The summed E-state index contributed by atoms with van der Waals surface area (Å²) in [6, 6.07) is 7.23. The van der Waals surface area contributed by atoms with Crippen LogP contribution in [0.1, 0.15) is 15.9 Å². The van der Waals surface area contributed by atoms with E-state index in [2.05, 4.69) is 10.6 Å². The third kappa shape index (κ3) is 3.30. The van der Waals surface area contributed by atoms with Crippen LogP contribution in [0.15, 0.2) is 34.7 Å². The van der Waals surface area contributed by atoms with E-state index < -0.39 is 15.3 Å². The van der Waals surface area contributed by atoms with Crippen LogP contribution in [0.2, 0.25) is 0 Å². The van der Waals surface area contributed by atoms with E-state index in [9.17, 15) is 13.2 Å². The topological polar surface area (TPSA) is 75.3 Å². The van der Waals surface area contributed by atoms with Crippen molar-refractivity contribution < 1.29 is 13.2 Å². The van der Waals surface area contributed by atoms with Gasteiger partial charge in [0.2, 0.25) is 0 Å². The van der Waals surface area contributed by atoms with Crippen LogP contribution in [0.4, 0.5) is 0 Å². The van der Waals surface area contributed by atoms with Gasteiger partial charge >= 0.3 is 0 Å². The van der Waals surface area contributed by atoms with Gasteiger partial charge in [-0.05, 0) is 18.6 Å². The van der Waals surface area contributed by atoms with E-state index in [4.69, 9.17) is 0 Å². The number of amides is 1. The van der Waals surface area contributed by atoms with Crippen molar-refractivity contribution in [3.05, 3.63) is 45.8 Å². The molecule has 2 rings (SSSR count). The molecule has 102 valence electrons. The Kier molecular flexibility index (Phi) is 3.86. The quantitative estimate of drug-likeness (QED) is 0.876. The summed E-state index contributed by atoms with van der Waals surface area (Å²) < 4.78 is 22.7. The molecule has 19 heavy (non-hydrogen) atoms. The molecule has 0 saturated heterocycles. The lowest BCUT2D eigenvalue weighted by molar-refractivity contribution is 0.0947. The number of aryl methyl sites for hydroxylation is 1. The first-order valence-electron chi connectivity index (χ1n) is 5.56. The number of nitrogens with one attached hydrogen (secondary N) is 2. The Hall–Kier alpha value is -1.47. The van der Waals surface area contributed by atoms with E-state index in [1.165, 1.54) is 17.2 Å². The Morgan fingerprint density at radius 3 is 2.63 bits per heavy atom. The van der Waals surface area contributed by atoms with Gasteiger partial charge in [0.05, 0.1) is 0 Å². The van der Waals surface area contributed by atoms with Crippen LogP contribution >= 0.6 is 11.8 Å². The lowest BCUT2D eigenvalue weighted by Crippen LogP contribution is -2.41. The van der Waals surface area contributed by atoms with Crippen LogP contribution in [-0.2, 0) is 9.84 Å². The molecule has 7 heteroatoms. The molecule has 1 heterocycles. The molecule has 1 aliphatic heterocycles. The minimum Gasteiger partial charge on any atom is -0.347 e. The van der Waals surface area contributed by atoms with E-state index in [0.717, 1.165) is 11.8 Å². The molecule has 0 radical (unpaired) electrons. The Bertz CT molecular complexity index is 638. The predicted molar refractivity (Wildman–Crippen MR) is 76.1 cm³/mol. The number of rotatable bonds is 3. The zero-order valence-electron chi connectivity index (χ0n) is 10.5. The van der Waals surface area contributed by atoms with Gasteiger partial charge in [-0.3, -0.25) is 4.79 Å². The van der Waals surface area contributed by atoms with Crippen LogP contribution < -0.4 is 10.6 Å². The van der Waals surface area contributed by atoms with E-state index in [0.29, 0.717) is 5.56 Å². The minimum absolute atomic E-state index is 0.132. The highest BCUT2D eigenvalue weighted by molar-refractivity contribution is 8.04. The molecule has 1 aliphatic rings. The van der Waals surface area contributed by atoms with Gasteiger partial charge in [-0.2, -0.15) is 0 Å². The Morgan fingerprint density at radius 2 is 2.05 bits per heavy atom. The largest absolute Gasteiger partial charge is 0.347 e. The van der Waals surface area contributed by atoms with Crippen LogP contribution in [0.3, 0.4) is 0 Å². The van der Waals surface area contributed by atoms with E-state index in [1.807, 2.05) is 19.1 Å². The van der Waals surface area contributed by atoms with Crippen LogP contribution in [0.25, 0.3) is 0 Å². The van der Waals surface area contributed by atoms with E-state index in [-0.39, 0.29) is 10.9 Å². The fourth-order valence-electron chi connectivity index (χ4n) is 1.62. The van der Waals surface area contributed by atoms with Crippen LogP contribution in [-0.4, -0.2) is 26.1 Å². The summed E-state index contributed by atoms with van der Waals surface area (Å²) in [5.74, 6) is -0.230. The molecule has 0 saturated carbocycles. The Morgan fingerprint density at radius 1 is 1.37 bits per heavy atom. The first-order chi connectivity index (χ1) is 8.88. The molecule has 0 spiro atoms. The van der Waals surface area contributed by atoms with Gasteiger partial charge in [0, 0.05) is 17.2 Å². The Labute approximate surface area is 116 Å². The van der Waals surface area contributed by atoms with Gasteiger partial charge in [0.25, 0.3) is 5.91 Å². The molecule has 1 aromatic rings. The van der Waals surface area contributed by atoms with Crippen molar-refractivity contribution in [3.63, 3.8) is 0 Å². The van der Waals surface area contributed by atoms with E-state index >= 15 is 0 Å². The number of benzene rings is 1. The molecule has 0 fully saturated rings. The lowest BCUT2D eigenvalue weighted by atomic mass is 10.1. The Balaban J connectivity index is 2.02. The molecule has 1 atom stereocenters. The maximum atomic E-state index is 12.0. The minimum atomic E-state index is -3.27. The number of hydrogen-bond donors (Lipinski definition) is 2. The predicted octanol–water partition coefficient (Wildman–Crippen LogP) is 1.19. The highest BCUT2D eigenvalue weighted by Crippen LogP contribution is 2.22. The number of hydrogen-bond acceptors (Lipinski definition) is 5. The van der Waals surface area contributed by atoms with Crippen molar-refractivity contribution in [2.24, 2.45) is 0 Å². The standard InChI is InChI=1S/C12H14N2O3S2/c1-8-5-3-4-6-9(8)11(15)14-12-13-10(7-18-12)19(2,16)17/h3-7,12-13H,1-2H3,(H,14,15). The zero-order chi connectivity index (χ0) is 14.0. The molecule has 0 bridgehead atoms. The molecular weight excluding hydrogens is 284 g/mol. The highest BCUT2D eigenvalue weighted by Gasteiger charge is 2.24. The average molecular weight is 298 g/mol. The number of carbonyl (C=O) groups excluding carboxylic acids is 1. The third-order valence-corrected chi connectivity index (χ3v) is 4.70. The first-order valence-corrected chi connectivity index (χ1v) is 8.40. The summed E-state index contributed by atoms with van der Waals surface area (Å²) >= 11 is 1.22. The van der Waals surface area contributed by atoms with Crippen molar-refractivity contribution in [2.45, 2.75) is 12.4 Å². The summed E-state index contributed by atoms with van der Waals surface area (Å²) in [4.78, 5) is 12.0. The average Bonchev–Trinajstić information content (AvgIpc) is 2.77. The smallest absolute Gasteiger partial charge is 0.253 e. The van der Waals surface area contributed by atoms with E-state index in [1.54, 1.807) is 12.1 Å². The molecule has 5 nitrogen and oxygen atoms in total. The van der Waals surface area contributed by atoms with Crippen LogP contribution in [0.5, 0.6) is 0 Å². The van der Waals surface area contributed by atoms with Crippen molar-refractivity contribution >= 4 is 27.5 Å². The van der Waals surface area contributed by atoms with Crippen molar-refractivity contribution in [2.75, 3.05) is 6.26 Å². The van der Waals surface area contributed by atoms with Crippen molar-refractivity contribution in [3.8, 4) is 0 Å². The first kappa shape index (κ1) is 14.0. The maximum Gasteiger partial charge on any atom is 0.253 e. The summed E-state index contributed by atoms with van der Waals surface area (Å²) in [5, 5.41) is 7.12. The zero-order valence-corrected chi connectivity index (χ0v) is 12.1. The molecule has 0 aliphatic carbocycles. The van der Waals surface area contributed by atoms with Crippen molar-refractivity contribution in [1.82, 2.24) is 10.6 Å². The second-order valence-electron chi connectivity index (χ2n) is 4.20. The SMILES string of the molecule is Cc1ccccc1C(=O)NC1NC(S(C)(=O)=O)=CS1. The molecule has 1 aromatic carbocycles. The molecule has 2 N–H and O–H groups in total. The monoisotopic (exact) mass is 298 g/mol. The highest BCUT2D eigenvalue weighted by atomic mass is 32.2. The van der Waals surface area contributed by atoms with Gasteiger partial charge in [0.15, 0.2) is 15.3 Å². The van der Waals surface area contributed by atoms with Gasteiger partial charge in [-0.25, -0.2) is 8.42 Å². The summed E-state index contributed by atoms with van der Waals surface area (Å²) in [6.45, 7) is 1.85. The fourth-order valence-corrected chi connectivity index (χ4v) is 3.59. The fraction of sp³-hybridized carbons (Fsp3) is 0.250. The van der Waals surface area contributed by atoms with Gasteiger partial charge < -0.3 is 10.6 Å².